The van der Waals surface area contributed by atoms with E-state index < -0.39 is 0 Å². The summed E-state index contributed by atoms with van der Waals surface area (Å²) in [4.78, 5) is 36.3. The van der Waals surface area contributed by atoms with Gasteiger partial charge in [-0.25, -0.2) is 4.98 Å². The molecule has 4 rings (SSSR count). The topological polar surface area (TPSA) is 75.2 Å². The molecule has 1 N–H and O–H groups in total. The number of nitrogens with one attached hydrogen (secondary N) is 1. The van der Waals surface area contributed by atoms with Gasteiger partial charge in [0.25, 0.3) is 5.91 Å². The van der Waals surface area contributed by atoms with Gasteiger partial charge in [0, 0.05) is 35.9 Å². The molecule has 2 aliphatic rings. The fourth-order valence-corrected chi connectivity index (χ4v) is 4.60. The third-order valence-electron chi connectivity index (χ3n) is 6.01. The fourth-order valence-electron chi connectivity index (χ4n) is 4.60. The molecule has 1 unspecified atom stereocenters. The van der Waals surface area contributed by atoms with Gasteiger partial charge in [-0.15, -0.1) is 0 Å². The Kier molecular flexibility index (Phi) is 4.87. The Balaban J connectivity index is 1.47. The van der Waals surface area contributed by atoms with Gasteiger partial charge in [-0.1, -0.05) is 12.5 Å². The Morgan fingerprint density at radius 1 is 1.21 bits per heavy atom. The molecule has 0 aromatic carbocycles. The summed E-state index contributed by atoms with van der Waals surface area (Å²) >= 11 is 0. The van der Waals surface area contributed by atoms with Gasteiger partial charge in [-0.3, -0.25) is 14.6 Å². The Morgan fingerprint density at radius 2 is 2.07 bits per heavy atom. The Morgan fingerprint density at radius 3 is 2.86 bits per heavy atom. The highest BCUT2D eigenvalue weighted by Gasteiger charge is 2.49. The van der Waals surface area contributed by atoms with Gasteiger partial charge in [0.2, 0.25) is 5.91 Å². The molecule has 146 valence electrons. The summed E-state index contributed by atoms with van der Waals surface area (Å²) in [5.41, 5.74) is 2.72. The SMILES string of the molecule is Cc1cc(N2CCC3(CCC[C@H](NC(=O)c4cccc(C)n4)C3)C2=O)ccn1. The van der Waals surface area contributed by atoms with E-state index in [1.807, 2.05) is 43.0 Å². The summed E-state index contributed by atoms with van der Waals surface area (Å²) in [7, 11) is 0. The zero-order valence-corrected chi connectivity index (χ0v) is 16.4. The van der Waals surface area contributed by atoms with Crippen LogP contribution in [0.5, 0.6) is 0 Å². The van der Waals surface area contributed by atoms with Crippen molar-refractivity contribution in [2.45, 2.75) is 52.0 Å². The molecule has 6 nitrogen and oxygen atoms in total. The van der Waals surface area contributed by atoms with E-state index in [-0.39, 0.29) is 23.3 Å². The monoisotopic (exact) mass is 378 g/mol. The summed E-state index contributed by atoms with van der Waals surface area (Å²) in [6, 6.07) is 9.31. The number of carbonyl (C=O) groups excluding carboxylic acids is 2. The van der Waals surface area contributed by atoms with Gasteiger partial charge in [0.15, 0.2) is 0 Å². The van der Waals surface area contributed by atoms with Gasteiger partial charge in [-0.05, 0) is 63.8 Å². The fraction of sp³-hybridized carbons (Fsp3) is 0.455. The van der Waals surface area contributed by atoms with Crippen LogP contribution >= 0.6 is 0 Å². The summed E-state index contributed by atoms with van der Waals surface area (Å²) < 4.78 is 0. The van der Waals surface area contributed by atoms with Crippen molar-refractivity contribution in [3.05, 3.63) is 53.6 Å². The van der Waals surface area contributed by atoms with Crippen LogP contribution in [0.1, 0.15) is 54.0 Å². The van der Waals surface area contributed by atoms with Crippen molar-refractivity contribution in [2.75, 3.05) is 11.4 Å². The Bertz CT molecular complexity index is 913. The molecule has 28 heavy (non-hydrogen) atoms. The highest BCUT2D eigenvalue weighted by molar-refractivity contribution is 6.00. The normalized spacial score (nSPS) is 24.6. The van der Waals surface area contributed by atoms with Crippen molar-refractivity contribution in [2.24, 2.45) is 5.41 Å². The van der Waals surface area contributed by atoms with Crippen LogP contribution in [0.2, 0.25) is 0 Å². The molecule has 1 saturated carbocycles. The summed E-state index contributed by atoms with van der Waals surface area (Å²) in [5, 5.41) is 3.12. The van der Waals surface area contributed by atoms with Crippen molar-refractivity contribution >= 4 is 17.5 Å². The third-order valence-corrected chi connectivity index (χ3v) is 6.01. The van der Waals surface area contributed by atoms with Gasteiger partial charge < -0.3 is 10.2 Å². The number of pyridine rings is 2. The summed E-state index contributed by atoms with van der Waals surface area (Å²) in [6.45, 7) is 4.53. The lowest BCUT2D eigenvalue weighted by Crippen LogP contribution is -2.46. The van der Waals surface area contributed by atoms with E-state index in [1.165, 1.54) is 0 Å². The maximum absolute atomic E-state index is 13.3. The van der Waals surface area contributed by atoms with Crippen LogP contribution in [0.25, 0.3) is 0 Å². The minimum absolute atomic E-state index is 0.00615. The predicted molar refractivity (Wildman–Crippen MR) is 107 cm³/mol. The van der Waals surface area contributed by atoms with Crippen molar-refractivity contribution in [3.8, 4) is 0 Å². The minimum atomic E-state index is -0.368. The van der Waals surface area contributed by atoms with E-state index in [0.717, 1.165) is 49.3 Å². The van der Waals surface area contributed by atoms with Gasteiger partial charge in [0.1, 0.15) is 5.69 Å². The van der Waals surface area contributed by atoms with E-state index in [4.69, 9.17) is 0 Å². The molecule has 2 fully saturated rings. The van der Waals surface area contributed by atoms with Crippen molar-refractivity contribution < 1.29 is 9.59 Å². The van der Waals surface area contributed by atoms with Crippen molar-refractivity contribution in [3.63, 3.8) is 0 Å². The molecular formula is C22H26N4O2. The molecule has 2 aromatic rings. The molecule has 1 saturated heterocycles. The lowest BCUT2D eigenvalue weighted by Gasteiger charge is -2.36. The lowest BCUT2D eigenvalue weighted by molar-refractivity contribution is -0.127. The highest BCUT2D eigenvalue weighted by Crippen LogP contribution is 2.46. The molecule has 1 aliphatic heterocycles. The maximum Gasteiger partial charge on any atom is 0.270 e. The number of rotatable bonds is 3. The van der Waals surface area contributed by atoms with Gasteiger partial charge in [0.05, 0.1) is 5.41 Å². The molecule has 2 aromatic heterocycles. The van der Waals surface area contributed by atoms with E-state index in [9.17, 15) is 9.59 Å². The zero-order valence-electron chi connectivity index (χ0n) is 16.4. The van der Waals surface area contributed by atoms with Gasteiger partial charge in [-0.2, -0.15) is 0 Å². The van der Waals surface area contributed by atoms with Crippen LogP contribution in [0, 0.1) is 19.3 Å². The summed E-state index contributed by atoms with van der Waals surface area (Å²) in [6.07, 6.45) is 6.03. The third kappa shape index (κ3) is 3.51. The number of hydrogen-bond donors (Lipinski definition) is 1. The van der Waals surface area contributed by atoms with Gasteiger partial charge >= 0.3 is 0 Å². The van der Waals surface area contributed by atoms with Crippen molar-refractivity contribution in [1.29, 1.82) is 0 Å². The number of nitrogens with zero attached hydrogens (tertiary/aromatic N) is 3. The largest absolute Gasteiger partial charge is 0.348 e. The predicted octanol–water partition coefficient (Wildman–Crippen LogP) is 3.19. The molecule has 1 spiro atoms. The number of aromatic nitrogens is 2. The van der Waals surface area contributed by atoms with Crippen LogP contribution in [-0.2, 0) is 4.79 Å². The second-order valence-electron chi connectivity index (χ2n) is 8.07. The van der Waals surface area contributed by atoms with E-state index in [2.05, 4.69) is 15.3 Å². The average Bonchev–Trinajstić information content (AvgIpc) is 2.97. The minimum Gasteiger partial charge on any atom is -0.348 e. The highest BCUT2D eigenvalue weighted by atomic mass is 16.2. The second-order valence-corrected chi connectivity index (χ2v) is 8.07. The first kappa shape index (κ1) is 18.6. The molecule has 2 atom stereocenters. The maximum atomic E-state index is 13.3. The number of carbonyl (C=O) groups is 2. The molecule has 0 bridgehead atoms. The molecule has 1 aliphatic carbocycles. The molecule has 6 heteroatoms. The molecule has 0 radical (unpaired) electrons. The number of anilines is 1. The molecule has 3 heterocycles. The number of hydrogen-bond acceptors (Lipinski definition) is 4. The zero-order chi connectivity index (χ0) is 19.7. The van der Waals surface area contributed by atoms with Crippen molar-refractivity contribution in [1.82, 2.24) is 15.3 Å². The quantitative estimate of drug-likeness (QED) is 0.890. The van der Waals surface area contributed by atoms with Crippen LogP contribution in [-0.4, -0.2) is 34.4 Å². The first-order valence-electron chi connectivity index (χ1n) is 9.96. The summed E-state index contributed by atoms with van der Waals surface area (Å²) in [5.74, 6) is 0.0311. The Hall–Kier alpha value is -2.76. The average molecular weight is 378 g/mol. The van der Waals surface area contributed by atoms with E-state index >= 15 is 0 Å². The lowest BCUT2D eigenvalue weighted by atomic mass is 9.71. The second kappa shape index (κ2) is 7.34. The first-order chi connectivity index (χ1) is 13.5. The van der Waals surface area contributed by atoms with Crippen LogP contribution < -0.4 is 10.2 Å². The molecule has 2 amide bonds. The van der Waals surface area contributed by atoms with Crippen LogP contribution in [0.4, 0.5) is 5.69 Å². The van der Waals surface area contributed by atoms with Crippen LogP contribution in [0.3, 0.4) is 0 Å². The molecular weight excluding hydrogens is 352 g/mol. The first-order valence-corrected chi connectivity index (χ1v) is 9.96. The number of aryl methyl sites for hydroxylation is 2. The van der Waals surface area contributed by atoms with E-state index in [1.54, 1.807) is 12.3 Å². The standard InChI is InChI=1S/C22H26N4O2/c1-15-5-3-7-19(24-15)20(27)25-17-6-4-9-22(14-17)10-12-26(21(22)28)18-8-11-23-16(2)13-18/h3,5,7-8,11,13,17H,4,6,9-10,12,14H2,1-2H3,(H,25,27)/t17-,22?/m0/s1. The Labute approximate surface area is 165 Å². The van der Waals surface area contributed by atoms with Crippen LogP contribution in [0.15, 0.2) is 36.5 Å². The van der Waals surface area contributed by atoms with E-state index in [0.29, 0.717) is 12.1 Å². The smallest absolute Gasteiger partial charge is 0.270 e. The number of amides is 2.